The molecule has 7 nitrogen and oxygen atoms in total. The lowest BCUT2D eigenvalue weighted by Gasteiger charge is -2.08. The number of anilines is 1. The summed E-state index contributed by atoms with van der Waals surface area (Å²) in [4.78, 5) is 46.2. The van der Waals surface area contributed by atoms with Gasteiger partial charge in [-0.3, -0.25) is 9.59 Å². The van der Waals surface area contributed by atoms with Crippen LogP contribution in [0, 0.1) is 6.92 Å². The van der Waals surface area contributed by atoms with Gasteiger partial charge in [0.2, 0.25) is 5.91 Å². The highest BCUT2D eigenvalue weighted by molar-refractivity contribution is 6.01. The molecule has 0 atom stereocenters. The maximum Gasteiger partial charge on any atom is 0.335 e. The van der Waals surface area contributed by atoms with Gasteiger partial charge in [0.15, 0.2) is 5.78 Å². The van der Waals surface area contributed by atoms with E-state index in [0.29, 0.717) is 5.56 Å². The Morgan fingerprint density at radius 2 is 1.35 bits per heavy atom. The molecule has 0 fully saturated rings. The van der Waals surface area contributed by atoms with Crippen molar-refractivity contribution < 1.29 is 29.4 Å². The first-order chi connectivity index (χ1) is 12.3. The lowest BCUT2D eigenvalue weighted by molar-refractivity contribution is -0.116. The van der Waals surface area contributed by atoms with Gasteiger partial charge in [-0.25, -0.2) is 9.59 Å². The van der Waals surface area contributed by atoms with Gasteiger partial charge in [-0.2, -0.15) is 0 Å². The first-order valence-electron chi connectivity index (χ1n) is 7.77. The molecular formula is C19H17NO6. The minimum atomic E-state index is -1.31. The van der Waals surface area contributed by atoms with Crippen LogP contribution in [-0.2, 0) is 4.79 Å². The highest BCUT2D eigenvalue weighted by atomic mass is 16.4. The largest absolute Gasteiger partial charge is 0.478 e. The lowest BCUT2D eigenvalue weighted by Crippen LogP contribution is -2.15. The molecular weight excluding hydrogens is 338 g/mol. The molecule has 0 aromatic heterocycles. The number of carboxylic acid groups (broad SMARTS) is 2. The third-order valence-corrected chi connectivity index (χ3v) is 3.66. The van der Waals surface area contributed by atoms with Crippen molar-refractivity contribution in [2.24, 2.45) is 0 Å². The summed E-state index contributed by atoms with van der Waals surface area (Å²) in [6, 6.07) is 10.3. The fraction of sp³-hybridized carbons (Fsp3) is 0.158. The number of nitrogens with one attached hydrogen (secondary N) is 1. The SMILES string of the molecule is Cc1ccc(C(=O)CCC(=O)Nc2cc(C(=O)O)cc(C(=O)O)c2)cc1. The van der Waals surface area contributed by atoms with Gasteiger partial charge < -0.3 is 15.5 Å². The van der Waals surface area contributed by atoms with Crippen molar-refractivity contribution in [3.05, 3.63) is 64.7 Å². The van der Waals surface area contributed by atoms with Crippen molar-refractivity contribution in [3.8, 4) is 0 Å². The van der Waals surface area contributed by atoms with Crippen molar-refractivity contribution in [2.45, 2.75) is 19.8 Å². The zero-order valence-corrected chi connectivity index (χ0v) is 14.0. The molecule has 2 rings (SSSR count). The van der Waals surface area contributed by atoms with Crippen molar-refractivity contribution in [3.63, 3.8) is 0 Å². The zero-order valence-electron chi connectivity index (χ0n) is 14.0. The molecule has 0 unspecified atom stereocenters. The molecule has 0 heterocycles. The number of hydrogen-bond donors (Lipinski definition) is 3. The predicted octanol–water partition coefficient (Wildman–Crippen LogP) is 2.99. The second-order valence-corrected chi connectivity index (χ2v) is 5.75. The molecule has 0 aliphatic heterocycles. The Hall–Kier alpha value is -3.48. The Bertz CT molecular complexity index is 838. The Kier molecular flexibility index (Phi) is 5.85. The number of aryl methyl sites for hydroxylation is 1. The number of aromatic carboxylic acids is 2. The molecule has 0 saturated heterocycles. The summed E-state index contributed by atoms with van der Waals surface area (Å²) in [5, 5.41) is 20.5. The van der Waals surface area contributed by atoms with Gasteiger partial charge in [-0.15, -0.1) is 0 Å². The normalized spacial score (nSPS) is 10.2. The average molecular weight is 355 g/mol. The van der Waals surface area contributed by atoms with Crippen LogP contribution in [0.1, 0.15) is 49.5 Å². The molecule has 7 heteroatoms. The Morgan fingerprint density at radius 1 is 0.808 bits per heavy atom. The predicted molar refractivity (Wildman–Crippen MR) is 93.7 cm³/mol. The fourth-order valence-corrected chi connectivity index (χ4v) is 2.28. The number of amides is 1. The number of rotatable bonds is 7. The minimum absolute atomic E-state index is 0.0146. The third-order valence-electron chi connectivity index (χ3n) is 3.66. The van der Waals surface area contributed by atoms with Crippen LogP contribution in [0.5, 0.6) is 0 Å². The van der Waals surface area contributed by atoms with Crippen molar-refractivity contribution >= 4 is 29.3 Å². The van der Waals surface area contributed by atoms with E-state index in [-0.39, 0.29) is 35.4 Å². The molecule has 0 spiro atoms. The maximum absolute atomic E-state index is 12.1. The number of benzene rings is 2. The average Bonchev–Trinajstić information content (AvgIpc) is 2.59. The quantitative estimate of drug-likeness (QED) is 0.657. The van der Waals surface area contributed by atoms with E-state index in [0.717, 1.165) is 23.8 Å². The van der Waals surface area contributed by atoms with E-state index < -0.39 is 17.8 Å². The number of carboxylic acids is 2. The molecule has 1 amide bonds. The van der Waals surface area contributed by atoms with Gasteiger partial charge in [0, 0.05) is 24.1 Å². The molecule has 0 radical (unpaired) electrons. The van der Waals surface area contributed by atoms with E-state index in [1.165, 1.54) is 0 Å². The second-order valence-electron chi connectivity index (χ2n) is 5.75. The first-order valence-corrected chi connectivity index (χ1v) is 7.77. The summed E-state index contributed by atoms with van der Waals surface area (Å²) in [6.45, 7) is 1.90. The standard InChI is InChI=1S/C19H17NO6/c1-11-2-4-12(5-3-11)16(21)6-7-17(22)20-15-9-13(18(23)24)8-14(10-15)19(25)26/h2-5,8-10H,6-7H2,1H3,(H,20,22)(H,23,24)(H,25,26). The molecule has 2 aromatic carbocycles. The zero-order chi connectivity index (χ0) is 19.3. The fourth-order valence-electron chi connectivity index (χ4n) is 2.28. The van der Waals surface area contributed by atoms with Crippen LogP contribution in [0.25, 0.3) is 0 Å². The Balaban J connectivity index is 2.03. The van der Waals surface area contributed by atoms with Crippen LogP contribution >= 0.6 is 0 Å². The van der Waals surface area contributed by atoms with Crippen LogP contribution in [0.2, 0.25) is 0 Å². The van der Waals surface area contributed by atoms with Gasteiger partial charge in [-0.05, 0) is 25.1 Å². The van der Waals surface area contributed by atoms with Crippen molar-refractivity contribution in [1.82, 2.24) is 0 Å². The van der Waals surface area contributed by atoms with Crippen LogP contribution in [0.15, 0.2) is 42.5 Å². The van der Waals surface area contributed by atoms with E-state index in [4.69, 9.17) is 10.2 Å². The smallest absolute Gasteiger partial charge is 0.335 e. The van der Waals surface area contributed by atoms with Crippen molar-refractivity contribution in [2.75, 3.05) is 5.32 Å². The Morgan fingerprint density at radius 3 is 1.85 bits per heavy atom. The van der Waals surface area contributed by atoms with Gasteiger partial charge in [0.1, 0.15) is 0 Å². The molecule has 0 saturated carbocycles. The maximum atomic E-state index is 12.1. The molecule has 2 aromatic rings. The van der Waals surface area contributed by atoms with E-state index in [2.05, 4.69) is 5.32 Å². The summed E-state index contributed by atoms with van der Waals surface area (Å²) in [5.74, 6) is -3.31. The van der Waals surface area contributed by atoms with Crippen LogP contribution in [-0.4, -0.2) is 33.8 Å². The molecule has 0 aliphatic rings. The molecule has 0 aliphatic carbocycles. The van der Waals surface area contributed by atoms with Crippen LogP contribution in [0.3, 0.4) is 0 Å². The van der Waals surface area contributed by atoms with E-state index in [9.17, 15) is 19.2 Å². The van der Waals surface area contributed by atoms with Crippen LogP contribution in [0.4, 0.5) is 5.69 Å². The summed E-state index contributed by atoms with van der Waals surface area (Å²) >= 11 is 0. The van der Waals surface area contributed by atoms with Gasteiger partial charge in [0.25, 0.3) is 0 Å². The number of Topliss-reactive ketones (excluding diaryl/α,β-unsaturated/α-hetero) is 1. The number of ketones is 1. The first kappa shape index (κ1) is 18.9. The van der Waals surface area contributed by atoms with Gasteiger partial charge in [0.05, 0.1) is 11.1 Å². The van der Waals surface area contributed by atoms with E-state index in [1.807, 2.05) is 6.92 Å². The number of hydrogen-bond acceptors (Lipinski definition) is 4. The molecule has 26 heavy (non-hydrogen) atoms. The van der Waals surface area contributed by atoms with Crippen LogP contribution < -0.4 is 5.32 Å². The second kappa shape index (κ2) is 8.06. The van der Waals surface area contributed by atoms with Gasteiger partial charge in [-0.1, -0.05) is 29.8 Å². The minimum Gasteiger partial charge on any atom is -0.478 e. The molecule has 0 bridgehead atoms. The highest BCUT2D eigenvalue weighted by Gasteiger charge is 2.14. The summed E-state index contributed by atoms with van der Waals surface area (Å²) in [6.07, 6.45) is -0.119. The van der Waals surface area contributed by atoms with Crippen molar-refractivity contribution in [1.29, 1.82) is 0 Å². The summed E-state index contributed by atoms with van der Waals surface area (Å²) in [5.41, 5.74) is 1.07. The summed E-state index contributed by atoms with van der Waals surface area (Å²) in [7, 11) is 0. The number of carbonyl (C=O) groups is 4. The topological polar surface area (TPSA) is 121 Å². The van der Waals surface area contributed by atoms with Gasteiger partial charge >= 0.3 is 11.9 Å². The molecule has 3 N–H and O–H groups in total. The highest BCUT2D eigenvalue weighted by Crippen LogP contribution is 2.16. The monoisotopic (exact) mass is 355 g/mol. The molecule has 134 valence electrons. The lowest BCUT2D eigenvalue weighted by atomic mass is 10.0. The third kappa shape index (κ3) is 5.01. The van der Waals surface area contributed by atoms with E-state index in [1.54, 1.807) is 24.3 Å². The van der Waals surface area contributed by atoms with E-state index >= 15 is 0 Å². The Labute approximate surface area is 149 Å². The number of carbonyl (C=O) groups excluding carboxylic acids is 2. The summed E-state index contributed by atoms with van der Waals surface area (Å²) < 4.78 is 0.